The van der Waals surface area contributed by atoms with E-state index in [1.165, 1.54) is 7.11 Å². The second kappa shape index (κ2) is 4.50. The van der Waals surface area contributed by atoms with E-state index in [1.54, 1.807) is 14.2 Å². The fraction of sp³-hybridized carbons (Fsp3) is 0.444. The van der Waals surface area contributed by atoms with Crippen molar-refractivity contribution in [2.75, 3.05) is 21.3 Å². The molecular weight excluding hydrogens is 250 g/mol. The van der Waals surface area contributed by atoms with E-state index in [9.17, 15) is 0 Å². The summed E-state index contributed by atoms with van der Waals surface area (Å²) in [6, 6.07) is 0. The van der Waals surface area contributed by atoms with Gasteiger partial charge in [-0.1, -0.05) is 0 Å². The van der Waals surface area contributed by atoms with Crippen molar-refractivity contribution in [1.82, 2.24) is 4.98 Å². The smallest absolute Gasteiger partial charge is 0.261 e. The van der Waals surface area contributed by atoms with Crippen LogP contribution < -0.4 is 14.2 Å². The fourth-order valence-corrected chi connectivity index (χ4v) is 1.54. The molecule has 0 radical (unpaired) electrons. The van der Waals surface area contributed by atoms with Gasteiger partial charge in [-0.3, -0.25) is 0 Å². The Morgan fingerprint density at radius 1 is 1.00 bits per heavy atom. The van der Waals surface area contributed by atoms with E-state index >= 15 is 0 Å². The van der Waals surface area contributed by atoms with Gasteiger partial charge < -0.3 is 14.2 Å². The average Bonchev–Trinajstić information content (AvgIpc) is 2.20. The molecule has 0 N–H and O–H groups in total. The second-order valence-corrected chi connectivity index (χ2v) is 3.38. The third kappa shape index (κ3) is 1.77. The van der Waals surface area contributed by atoms with Crippen molar-refractivity contribution in [2.24, 2.45) is 0 Å². The number of ether oxygens (including phenoxy) is 3. The zero-order chi connectivity index (χ0) is 10.7. The molecule has 14 heavy (non-hydrogen) atoms. The summed E-state index contributed by atoms with van der Waals surface area (Å²) in [6.07, 6.45) is 0. The third-order valence-corrected chi connectivity index (χ3v) is 2.72. The highest BCUT2D eigenvalue weighted by Crippen LogP contribution is 2.42. The summed E-state index contributed by atoms with van der Waals surface area (Å²) in [4.78, 5) is 4.20. The van der Waals surface area contributed by atoms with Gasteiger partial charge in [0.1, 0.15) is 0 Å². The highest BCUT2D eigenvalue weighted by Gasteiger charge is 2.18. The van der Waals surface area contributed by atoms with Crippen molar-refractivity contribution >= 4 is 15.9 Å². The lowest BCUT2D eigenvalue weighted by molar-refractivity contribution is 0.313. The Morgan fingerprint density at radius 2 is 1.57 bits per heavy atom. The normalized spacial score (nSPS) is 9.79. The molecule has 0 saturated heterocycles. The molecule has 0 fully saturated rings. The molecule has 1 heterocycles. The maximum absolute atomic E-state index is 5.20. The molecule has 1 aromatic heterocycles. The van der Waals surface area contributed by atoms with Crippen molar-refractivity contribution in [3.8, 4) is 17.4 Å². The quantitative estimate of drug-likeness (QED) is 0.837. The summed E-state index contributed by atoms with van der Waals surface area (Å²) in [7, 11) is 4.66. The van der Waals surface area contributed by atoms with E-state index in [0.29, 0.717) is 17.4 Å². The minimum Gasteiger partial charge on any atom is -0.492 e. The zero-order valence-electron chi connectivity index (χ0n) is 8.55. The first-order valence-electron chi connectivity index (χ1n) is 3.97. The molecule has 1 aromatic rings. The Morgan fingerprint density at radius 3 is 2.00 bits per heavy atom. The number of hydrogen-bond acceptors (Lipinski definition) is 4. The van der Waals surface area contributed by atoms with Crippen LogP contribution in [0, 0.1) is 6.92 Å². The highest BCUT2D eigenvalue weighted by atomic mass is 79.9. The van der Waals surface area contributed by atoms with Gasteiger partial charge in [-0.2, -0.15) is 0 Å². The summed E-state index contributed by atoms with van der Waals surface area (Å²) < 4.78 is 16.2. The molecule has 0 aliphatic rings. The van der Waals surface area contributed by atoms with Crippen LogP contribution in [-0.2, 0) is 0 Å². The molecule has 0 bridgehead atoms. The number of hydrogen-bond donors (Lipinski definition) is 0. The number of aryl methyl sites for hydroxylation is 1. The molecule has 78 valence electrons. The average molecular weight is 262 g/mol. The van der Waals surface area contributed by atoms with E-state index in [-0.39, 0.29) is 0 Å². The predicted octanol–water partition coefficient (Wildman–Crippen LogP) is 2.18. The van der Waals surface area contributed by atoms with E-state index in [2.05, 4.69) is 20.9 Å². The molecule has 0 aliphatic heterocycles. The molecule has 0 aliphatic carbocycles. The first kappa shape index (κ1) is 11.1. The summed E-state index contributed by atoms with van der Waals surface area (Å²) in [5.74, 6) is 1.51. The Balaban J connectivity index is 3.42. The highest BCUT2D eigenvalue weighted by molar-refractivity contribution is 9.10. The fourth-order valence-electron chi connectivity index (χ4n) is 1.11. The second-order valence-electron chi connectivity index (χ2n) is 2.59. The monoisotopic (exact) mass is 261 g/mol. The first-order valence-corrected chi connectivity index (χ1v) is 4.77. The zero-order valence-corrected chi connectivity index (χ0v) is 10.1. The molecule has 0 spiro atoms. The Bertz CT molecular complexity index is 341. The van der Waals surface area contributed by atoms with Gasteiger partial charge in [0.25, 0.3) is 5.88 Å². The van der Waals surface area contributed by atoms with Gasteiger partial charge in [0, 0.05) is 0 Å². The van der Waals surface area contributed by atoms with E-state index in [1.807, 2.05) is 6.92 Å². The molecule has 1 rings (SSSR count). The van der Waals surface area contributed by atoms with Crippen LogP contribution in [0.3, 0.4) is 0 Å². The minimum atomic E-state index is 0.421. The van der Waals surface area contributed by atoms with Crippen LogP contribution >= 0.6 is 15.9 Å². The number of halogens is 1. The molecule has 0 unspecified atom stereocenters. The Kier molecular flexibility index (Phi) is 3.57. The topological polar surface area (TPSA) is 40.6 Å². The van der Waals surface area contributed by atoms with Gasteiger partial charge in [-0.05, 0) is 22.9 Å². The molecule has 0 amide bonds. The van der Waals surface area contributed by atoms with Crippen LogP contribution in [0.25, 0.3) is 0 Å². The lowest BCUT2D eigenvalue weighted by atomic mass is 10.3. The largest absolute Gasteiger partial charge is 0.492 e. The molecule has 4 nitrogen and oxygen atoms in total. The van der Waals surface area contributed by atoms with Crippen molar-refractivity contribution in [3.63, 3.8) is 0 Å². The van der Waals surface area contributed by atoms with Crippen molar-refractivity contribution in [1.29, 1.82) is 0 Å². The van der Waals surface area contributed by atoms with Crippen LogP contribution in [0.5, 0.6) is 17.4 Å². The third-order valence-electron chi connectivity index (χ3n) is 1.79. The maximum atomic E-state index is 5.20. The molecule has 0 aromatic carbocycles. The van der Waals surface area contributed by atoms with Crippen molar-refractivity contribution in [3.05, 3.63) is 10.2 Å². The van der Waals surface area contributed by atoms with Crippen molar-refractivity contribution in [2.45, 2.75) is 6.92 Å². The van der Waals surface area contributed by atoms with Gasteiger partial charge in [-0.15, -0.1) is 0 Å². The van der Waals surface area contributed by atoms with Crippen molar-refractivity contribution < 1.29 is 14.2 Å². The van der Waals surface area contributed by atoms with Gasteiger partial charge in [0.2, 0.25) is 5.75 Å². The van der Waals surface area contributed by atoms with Crippen LogP contribution in [0.1, 0.15) is 5.69 Å². The van der Waals surface area contributed by atoms with Gasteiger partial charge in [-0.25, -0.2) is 4.98 Å². The minimum absolute atomic E-state index is 0.421. The van der Waals surface area contributed by atoms with E-state index in [0.717, 1.165) is 10.2 Å². The van der Waals surface area contributed by atoms with Gasteiger partial charge >= 0.3 is 0 Å². The number of pyridine rings is 1. The summed E-state index contributed by atoms with van der Waals surface area (Å²) in [5.41, 5.74) is 0.791. The molecule has 0 saturated carbocycles. The number of rotatable bonds is 3. The van der Waals surface area contributed by atoms with Gasteiger partial charge in [0.05, 0.1) is 31.5 Å². The lowest BCUT2D eigenvalue weighted by Gasteiger charge is -2.13. The van der Waals surface area contributed by atoms with Crippen LogP contribution in [0.15, 0.2) is 4.47 Å². The number of nitrogens with zero attached hydrogens (tertiary/aromatic N) is 1. The predicted molar refractivity (Wildman–Crippen MR) is 56.3 cm³/mol. The van der Waals surface area contributed by atoms with Crippen LogP contribution in [0.2, 0.25) is 0 Å². The summed E-state index contributed by atoms with van der Waals surface area (Å²) in [6.45, 7) is 1.86. The van der Waals surface area contributed by atoms with Crippen LogP contribution in [0.4, 0.5) is 0 Å². The SMILES string of the molecule is COc1nc(C)c(Br)c(OC)c1OC. The van der Waals surface area contributed by atoms with E-state index < -0.39 is 0 Å². The lowest BCUT2D eigenvalue weighted by Crippen LogP contribution is -2.00. The Labute approximate surface area is 91.3 Å². The summed E-state index contributed by atoms with van der Waals surface area (Å²) in [5, 5.41) is 0. The number of aromatic nitrogens is 1. The molecule has 5 heteroatoms. The first-order chi connectivity index (χ1) is 6.65. The Hall–Kier alpha value is -0.970. The molecule has 0 atom stereocenters. The maximum Gasteiger partial charge on any atom is 0.261 e. The van der Waals surface area contributed by atoms with E-state index in [4.69, 9.17) is 14.2 Å². The number of methoxy groups -OCH3 is 3. The molecular formula is C9H12BrNO3. The van der Waals surface area contributed by atoms with Crippen LogP contribution in [-0.4, -0.2) is 26.3 Å². The summed E-state index contributed by atoms with van der Waals surface area (Å²) >= 11 is 3.37. The van der Waals surface area contributed by atoms with Gasteiger partial charge in [0.15, 0.2) is 5.75 Å². The standard InChI is InChI=1S/C9H12BrNO3/c1-5-6(10)7(12-2)8(13-3)9(11-5)14-4/h1-4H3.